The van der Waals surface area contributed by atoms with Gasteiger partial charge in [-0.1, -0.05) is 41.5 Å². The molecule has 3 nitrogen and oxygen atoms in total. The minimum atomic E-state index is -2.53. The first-order valence-electron chi connectivity index (χ1n) is 9.72. The highest BCUT2D eigenvalue weighted by Gasteiger charge is 2.34. The summed E-state index contributed by atoms with van der Waals surface area (Å²) >= 11 is 0. The molecule has 1 aliphatic rings. The second-order valence-electron chi connectivity index (χ2n) is 7.78. The van der Waals surface area contributed by atoms with Gasteiger partial charge in [-0.15, -0.1) is 0 Å². The van der Waals surface area contributed by atoms with Crippen molar-refractivity contribution >= 4 is 0 Å². The normalized spacial score (nSPS) is 17.0. The number of nitrogens with zero attached hydrogens (tertiary/aromatic N) is 3. The first kappa shape index (κ1) is 18.8. The number of piperidine rings is 1. The molecule has 0 bridgehead atoms. The summed E-state index contributed by atoms with van der Waals surface area (Å²) in [6.45, 7) is 5.58. The van der Waals surface area contributed by atoms with Crippen LogP contribution in [0.4, 0.5) is 8.78 Å². The van der Waals surface area contributed by atoms with Crippen LogP contribution in [0.1, 0.15) is 29.5 Å². The van der Waals surface area contributed by atoms with E-state index in [1.807, 2.05) is 29.1 Å². The summed E-state index contributed by atoms with van der Waals surface area (Å²) in [5, 5.41) is 4.86. The Morgan fingerprint density at radius 2 is 1.68 bits per heavy atom. The molecule has 2 aromatic carbocycles. The maximum Gasteiger partial charge on any atom is 0.250 e. The Bertz CT molecular complexity index is 950. The molecule has 5 heteroatoms. The lowest BCUT2D eigenvalue weighted by molar-refractivity contribution is -0.0566. The van der Waals surface area contributed by atoms with E-state index in [0.29, 0.717) is 19.6 Å². The van der Waals surface area contributed by atoms with Crippen LogP contribution >= 0.6 is 0 Å². The first-order chi connectivity index (χ1) is 13.4. The summed E-state index contributed by atoms with van der Waals surface area (Å²) < 4.78 is 28.9. The lowest BCUT2D eigenvalue weighted by Crippen LogP contribution is -2.38. The predicted molar refractivity (Wildman–Crippen MR) is 108 cm³/mol. The highest BCUT2D eigenvalue weighted by molar-refractivity contribution is 5.64. The Kier molecular flexibility index (Phi) is 5.02. The summed E-state index contributed by atoms with van der Waals surface area (Å²) in [5.41, 5.74) is 6.41. The standard InChI is InChI=1S/C23H25F2N3/c1-17-6-8-21(9-7-17)28-16-20(15-27-12-10-23(24,25)11-13-27)22(26-28)19-5-3-4-18(2)14-19/h3-9,14,16H,10-13,15H2,1-2H3. The van der Waals surface area contributed by atoms with Crippen molar-refractivity contribution in [2.45, 2.75) is 39.2 Å². The molecule has 28 heavy (non-hydrogen) atoms. The third-order valence-electron chi connectivity index (χ3n) is 5.36. The maximum atomic E-state index is 13.5. The Hall–Kier alpha value is -2.53. The van der Waals surface area contributed by atoms with Gasteiger partial charge in [0.25, 0.3) is 5.92 Å². The van der Waals surface area contributed by atoms with Gasteiger partial charge >= 0.3 is 0 Å². The van der Waals surface area contributed by atoms with E-state index >= 15 is 0 Å². The third-order valence-corrected chi connectivity index (χ3v) is 5.36. The maximum absolute atomic E-state index is 13.5. The van der Waals surface area contributed by atoms with E-state index in [-0.39, 0.29) is 12.8 Å². The van der Waals surface area contributed by atoms with Crippen molar-refractivity contribution < 1.29 is 8.78 Å². The molecule has 1 fully saturated rings. The van der Waals surface area contributed by atoms with Gasteiger partial charge in [-0.25, -0.2) is 13.5 Å². The molecule has 0 aliphatic carbocycles. The van der Waals surface area contributed by atoms with Crippen molar-refractivity contribution in [2.75, 3.05) is 13.1 Å². The second-order valence-corrected chi connectivity index (χ2v) is 7.78. The molecule has 0 unspecified atom stereocenters. The highest BCUT2D eigenvalue weighted by atomic mass is 19.3. The average molecular weight is 381 g/mol. The molecular formula is C23H25F2N3. The summed E-state index contributed by atoms with van der Waals surface area (Å²) in [6, 6.07) is 16.5. The minimum Gasteiger partial charge on any atom is -0.298 e. The zero-order valence-electron chi connectivity index (χ0n) is 16.3. The minimum absolute atomic E-state index is 0.0706. The van der Waals surface area contributed by atoms with E-state index in [4.69, 9.17) is 5.10 Å². The molecule has 1 aliphatic heterocycles. The number of aryl methyl sites for hydroxylation is 2. The fourth-order valence-electron chi connectivity index (χ4n) is 3.67. The van der Waals surface area contributed by atoms with Gasteiger partial charge in [0.05, 0.1) is 11.4 Å². The van der Waals surface area contributed by atoms with Gasteiger partial charge in [0, 0.05) is 49.8 Å². The lowest BCUT2D eigenvalue weighted by atomic mass is 10.0. The number of hydrogen-bond acceptors (Lipinski definition) is 2. The molecule has 0 atom stereocenters. The van der Waals surface area contributed by atoms with E-state index in [1.54, 1.807) is 0 Å². The number of halogens is 2. The number of aromatic nitrogens is 2. The Morgan fingerprint density at radius 1 is 0.964 bits per heavy atom. The van der Waals surface area contributed by atoms with E-state index < -0.39 is 5.92 Å². The summed E-state index contributed by atoms with van der Waals surface area (Å²) in [6.07, 6.45) is 1.90. The van der Waals surface area contributed by atoms with E-state index in [1.165, 1.54) is 11.1 Å². The van der Waals surface area contributed by atoms with Crippen LogP contribution in [0.15, 0.2) is 54.7 Å². The van der Waals surface area contributed by atoms with E-state index in [0.717, 1.165) is 22.5 Å². The van der Waals surface area contributed by atoms with Crippen LogP contribution in [0, 0.1) is 13.8 Å². The zero-order chi connectivity index (χ0) is 19.7. The van der Waals surface area contributed by atoms with Crippen molar-refractivity contribution in [1.82, 2.24) is 14.7 Å². The van der Waals surface area contributed by atoms with Crippen LogP contribution in [-0.4, -0.2) is 33.7 Å². The molecule has 0 amide bonds. The van der Waals surface area contributed by atoms with E-state index in [2.05, 4.69) is 49.1 Å². The topological polar surface area (TPSA) is 21.1 Å². The summed E-state index contributed by atoms with van der Waals surface area (Å²) in [4.78, 5) is 2.10. The molecule has 0 saturated carbocycles. The fourth-order valence-corrected chi connectivity index (χ4v) is 3.67. The number of likely N-dealkylation sites (tertiary alicyclic amines) is 1. The smallest absolute Gasteiger partial charge is 0.250 e. The van der Waals surface area contributed by atoms with Gasteiger partial charge in [-0.2, -0.15) is 5.10 Å². The van der Waals surface area contributed by atoms with Gasteiger partial charge in [-0.05, 0) is 32.0 Å². The molecule has 0 radical (unpaired) electrons. The van der Waals surface area contributed by atoms with Crippen LogP contribution in [0.3, 0.4) is 0 Å². The number of benzene rings is 2. The highest BCUT2D eigenvalue weighted by Crippen LogP contribution is 2.30. The predicted octanol–water partition coefficient (Wildman–Crippen LogP) is 5.39. The van der Waals surface area contributed by atoms with Gasteiger partial charge in [0.15, 0.2) is 0 Å². The fraction of sp³-hybridized carbons (Fsp3) is 0.348. The molecule has 1 saturated heterocycles. The Morgan fingerprint density at radius 3 is 2.36 bits per heavy atom. The largest absolute Gasteiger partial charge is 0.298 e. The van der Waals surface area contributed by atoms with Crippen molar-refractivity contribution in [1.29, 1.82) is 0 Å². The summed E-state index contributed by atoms with van der Waals surface area (Å²) in [7, 11) is 0. The zero-order valence-corrected chi connectivity index (χ0v) is 16.3. The summed E-state index contributed by atoms with van der Waals surface area (Å²) in [5.74, 6) is -2.53. The van der Waals surface area contributed by atoms with Crippen molar-refractivity contribution in [3.8, 4) is 16.9 Å². The number of rotatable bonds is 4. The van der Waals surface area contributed by atoms with Gasteiger partial charge in [0.1, 0.15) is 0 Å². The Labute approximate surface area is 164 Å². The first-order valence-corrected chi connectivity index (χ1v) is 9.72. The Balaban J connectivity index is 1.68. The molecule has 3 aromatic rings. The van der Waals surface area contributed by atoms with Gasteiger partial charge in [-0.3, -0.25) is 4.90 Å². The quantitative estimate of drug-likeness (QED) is 0.604. The van der Waals surface area contributed by atoms with Gasteiger partial charge < -0.3 is 0 Å². The van der Waals surface area contributed by atoms with E-state index in [9.17, 15) is 8.78 Å². The molecule has 1 aromatic heterocycles. The molecule has 0 spiro atoms. The molecule has 2 heterocycles. The monoisotopic (exact) mass is 381 g/mol. The van der Waals surface area contributed by atoms with Crippen molar-refractivity contribution in [3.05, 3.63) is 71.4 Å². The second kappa shape index (κ2) is 7.47. The average Bonchev–Trinajstić information content (AvgIpc) is 3.08. The van der Waals surface area contributed by atoms with Crippen LogP contribution in [0.5, 0.6) is 0 Å². The molecule has 4 rings (SSSR count). The molecular weight excluding hydrogens is 356 g/mol. The number of hydrogen-bond donors (Lipinski definition) is 0. The van der Waals surface area contributed by atoms with Crippen LogP contribution in [-0.2, 0) is 6.54 Å². The lowest BCUT2D eigenvalue weighted by Gasteiger charge is -2.31. The third kappa shape index (κ3) is 4.14. The molecule has 146 valence electrons. The van der Waals surface area contributed by atoms with Crippen molar-refractivity contribution in [3.63, 3.8) is 0 Å². The van der Waals surface area contributed by atoms with Gasteiger partial charge in [0.2, 0.25) is 0 Å². The van der Waals surface area contributed by atoms with Crippen molar-refractivity contribution in [2.24, 2.45) is 0 Å². The SMILES string of the molecule is Cc1ccc(-n2cc(CN3CCC(F)(F)CC3)c(-c3cccc(C)c3)n2)cc1. The van der Waals surface area contributed by atoms with Crippen LogP contribution < -0.4 is 0 Å². The van der Waals surface area contributed by atoms with Crippen LogP contribution in [0.25, 0.3) is 16.9 Å². The molecule has 0 N–H and O–H groups in total. The van der Waals surface area contributed by atoms with Crippen LogP contribution in [0.2, 0.25) is 0 Å². The number of alkyl halides is 2.